The Bertz CT molecular complexity index is 552. The van der Waals surface area contributed by atoms with Crippen LogP contribution in [-0.2, 0) is 16.6 Å². The molecule has 1 fully saturated rings. The molecule has 1 saturated heterocycles. The van der Waals surface area contributed by atoms with Crippen molar-refractivity contribution in [2.75, 3.05) is 6.54 Å². The lowest BCUT2D eigenvalue weighted by atomic mass is 10.1. The predicted molar refractivity (Wildman–Crippen MR) is 83.4 cm³/mol. The number of sulfonamides is 1. The fourth-order valence-corrected chi connectivity index (χ4v) is 6.39. The van der Waals surface area contributed by atoms with Crippen LogP contribution < -0.4 is 5.73 Å². The van der Waals surface area contributed by atoms with Gasteiger partial charge < -0.3 is 5.73 Å². The molecular formula is C14H24N2O2S2. The Labute approximate surface area is 126 Å². The summed E-state index contributed by atoms with van der Waals surface area (Å²) >= 11 is 1.45. The van der Waals surface area contributed by atoms with E-state index in [1.807, 2.05) is 12.3 Å². The van der Waals surface area contributed by atoms with Crippen LogP contribution in [0.15, 0.2) is 10.3 Å². The van der Waals surface area contributed by atoms with E-state index < -0.39 is 10.0 Å². The van der Waals surface area contributed by atoms with Crippen molar-refractivity contribution >= 4 is 21.4 Å². The Morgan fingerprint density at radius 1 is 1.40 bits per heavy atom. The first-order valence-electron chi connectivity index (χ1n) is 7.31. The van der Waals surface area contributed by atoms with Crippen LogP contribution >= 0.6 is 11.3 Å². The maximum Gasteiger partial charge on any atom is 0.244 e. The average molecular weight is 316 g/mol. The van der Waals surface area contributed by atoms with Crippen LogP contribution in [0.4, 0.5) is 0 Å². The van der Waals surface area contributed by atoms with Gasteiger partial charge in [0.05, 0.1) is 0 Å². The SMILES string of the molecule is CCC1CCCCCN1S(=O)(=O)c1c(C)csc1CN. The molecule has 6 heteroatoms. The molecule has 2 heterocycles. The maximum absolute atomic E-state index is 13.0. The zero-order chi connectivity index (χ0) is 14.8. The highest BCUT2D eigenvalue weighted by atomic mass is 32.2. The summed E-state index contributed by atoms with van der Waals surface area (Å²) < 4.78 is 27.8. The molecule has 1 aliphatic rings. The Hall–Kier alpha value is -0.430. The van der Waals surface area contributed by atoms with Crippen LogP contribution in [0, 0.1) is 6.92 Å². The van der Waals surface area contributed by atoms with Crippen molar-refractivity contribution in [3.8, 4) is 0 Å². The van der Waals surface area contributed by atoms with Crippen LogP contribution in [0.5, 0.6) is 0 Å². The average Bonchev–Trinajstić information content (AvgIpc) is 2.65. The molecule has 1 aromatic heterocycles. The first kappa shape index (κ1) is 15.9. The van der Waals surface area contributed by atoms with E-state index in [9.17, 15) is 8.42 Å². The number of rotatable bonds is 4. The van der Waals surface area contributed by atoms with Gasteiger partial charge in [-0.1, -0.05) is 19.8 Å². The lowest BCUT2D eigenvalue weighted by Gasteiger charge is -2.28. The van der Waals surface area contributed by atoms with E-state index in [1.165, 1.54) is 11.3 Å². The van der Waals surface area contributed by atoms with Gasteiger partial charge in [-0.3, -0.25) is 0 Å². The standard InChI is InChI=1S/C14H24N2O2S2/c1-3-12-7-5-4-6-8-16(12)20(17,18)14-11(2)10-19-13(14)9-15/h10,12H,3-9,15H2,1-2H3. The van der Waals surface area contributed by atoms with Gasteiger partial charge in [0.15, 0.2) is 0 Å². The molecule has 0 aliphatic carbocycles. The molecule has 2 N–H and O–H groups in total. The van der Waals surface area contributed by atoms with Gasteiger partial charge in [0.1, 0.15) is 4.90 Å². The van der Waals surface area contributed by atoms with Crippen LogP contribution in [0.25, 0.3) is 0 Å². The van der Waals surface area contributed by atoms with Crippen molar-refractivity contribution in [1.29, 1.82) is 0 Å². The van der Waals surface area contributed by atoms with Gasteiger partial charge in [0.25, 0.3) is 0 Å². The minimum Gasteiger partial charge on any atom is -0.326 e. The summed E-state index contributed by atoms with van der Waals surface area (Å²) in [5, 5.41) is 1.90. The van der Waals surface area contributed by atoms with Crippen molar-refractivity contribution in [1.82, 2.24) is 4.31 Å². The van der Waals surface area contributed by atoms with Gasteiger partial charge in [-0.15, -0.1) is 11.3 Å². The highest BCUT2D eigenvalue weighted by Crippen LogP contribution is 2.32. The largest absolute Gasteiger partial charge is 0.326 e. The summed E-state index contributed by atoms with van der Waals surface area (Å²) in [4.78, 5) is 1.24. The molecule has 114 valence electrons. The van der Waals surface area contributed by atoms with Gasteiger partial charge in [0.2, 0.25) is 10.0 Å². The van der Waals surface area contributed by atoms with Crippen LogP contribution in [0.2, 0.25) is 0 Å². The lowest BCUT2D eigenvalue weighted by Crippen LogP contribution is -2.40. The molecule has 0 radical (unpaired) electrons. The number of hydrogen-bond acceptors (Lipinski definition) is 4. The Balaban J connectivity index is 2.44. The van der Waals surface area contributed by atoms with Gasteiger partial charge >= 0.3 is 0 Å². The minimum absolute atomic E-state index is 0.132. The number of nitrogens with two attached hydrogens (primary N) is 1. The Morgan fingerprint density at radius 3 is 2.80 bits per heavy atom. The van der Waals surface area contributed by atoms with E-state index in [4.69, 9.17) is 5.73 Å². The topological polar surface area (TPSA) is 63.4 Å². The lowest BCUT2D eigenvalue weighted by molar-refractivity contribution is 0.315. The van der Waals surface area contributed by atoms with E-state index in [0.29, 0.717) is 11.4 Å². The summed E-state index contributed by atoms with van der Waals surface area (Å²) in [6.45, 7) is 4.86. The molecule has 1 aliphatic heterocycles. The molecule has 0 spiro atoms. The van der Waals surface area contributed by atoms with Gasteiger partial charge in [-0.05, 0) is 37.1 Å². The normalized spacial score (nSPS) is 21.9. The molecule has 1 unspecified atom stereocenters. The molecule has 1 aromatic rings. The van der Waals surface area contributed by atoms with Crippen molar-refractivity contribution in [2.24, 2.45) is 5.73 Å². The fraction of sp³-hybridized carbons (Fsp3) is 0.714. The summed E-state index contributed by atoms with van der Waals surface area (Å²) in [7, 11) is -3.41. The van der Waals surface area contributed by atoms with E-state index in [0.717, 1.165) is 42.5 Å². The van der Waals surface area contributed by atoms with Gasteiger partial charge in [0, 0.05) is 24.0 Å². The fourth-order valence-electron chi connectivity index (χ4n) is 2.97. The first-order chi connectivity index (χ1) is 9.52. The van der Waals surface area contributed by atoms with Crippen LogP contribution in [-0.4, -0.2) is 25.3 Å². The number of thiophene rings is 1. The molecule has 0 amide bonds. The summed E-state index contributed by atoms with van der Waals surface area (Å²) in [5.41, 5.74) is 6.54. The van der Waals surface area contributed by atoms with Crippen molar-refractivity contribution in [3.63, 3.8) is 0 Å². The van der Waals surface area contributed by atoms with E-state index in [2.05, 4.69) is 6.92 Å². The van der Waals surface area contributed by atoms with E-state index in [1.54, 1.807) is 4.31 Å². The molecule has 2 rings (SSSR count). The molecule has 1 atom stereocenters. The van der Waals surface area contributed by atoms with Crippen LogP contribution in [0.1, 0.15) is 49.5 Å². The van der Waals surface area contributed by atoms with Gasteiger partial charge in [-0.25, -0.2) is 8.42 Å². The van der Waals surface area contributed by atoms with Crippen molar-refractivity contribution < 1.29 is 8.42 Å². The van der Waals surface area contributed by atoms with Crippen molar-refractivity contribution in [2.45, 2.75) is 63.4 Å². The molecule has 0 saturated carbocycles. The second-order valence-electron chi connectivity index (χ2n) is 5.40. The smallest absolute Gasteiger partial charge is 0.244 e. The summed E-state index contributed by atoms with van der Waals surface area (Å²) in [6, 6.07) is 0.132. The van der Waals surface area contributed by atoms with Gasteiger partial charge in [-0.2, -0.15) is 4.31 Å². The second kappa shape index (κ2) is 6.56. The third kappa shape index (κ3) is 2.93. The molecule has 0 bridgehead atoms. The van der Waals surface area contributed by atoms with E-state index in [-0.39, 0.29) is 12.6 Å². The summed E-state index contributed by atoms with van der Waals surface area (Å²) in [5.74, 6) is 0. The second-order valence-corrected chi connectivity index (χ2v) is 8.19. The molecule has 4 nitrogen and oxygen atoms in total. The maximum atomic E-state index is 13.0. The number of hydrogen-bond donors (Lipinski definition) is 1. The zero-order valence-electron chi connectivity index (χ0n) is 12.3. The van der Waals surface area contributed by atoms with Crippen LogP contribution in [0.3, 0.4) is 0 Å². The Kier molecular flexibility index (Phi) is 5.23. The quantitative estimate of drug-likeness (QED) is 0.929. The van der Waals surface area contributed by atoms with E-state index >= 15 is 0 Å². The first-order valence-corrected chi connectivity index (χ1v) is 9.63. The monoisotopic (exact) mass is 316 g/mol. The highest BCUT2D eigenvalue weighted by molar-refractivity contribution is 7.89. The molecular weight excluding hydrogens is 292 g/mol. The zero-order valence-corrected chi connectivity index (χ0v) is 13.9. The third-order valence-corrected chi connectivity index (χ3v) is 7.47. The van der Waals surface area contributed by atoms with Crippen molar-refractivity contribution in [3.05, 3.63) is 15.8 Å². The number of nitrogens with zero attached hydrogens (tertiary/aromatic N) is 1. The highest BCUT2D eigenvalue weighted by Gasteiger charge is 2.34. The molecule has 20 heavy (non-hydrogen) atoms. The minimum atomic E-state index is -3.41. The predicted octanol–water partition coefficient (Wildman–Crippen LogP) is 2.86. The molecule has 0 aromatic carbocycles. The summed E-state index contributed by atoms with van der Waals surface area (Å²) in [6.07, 6.45) is 5.04. The Morgan fingerprint density at radius 2 is 2.15 bits per heavy atom. The number of aryl methyl sites for hydroxylation is 1. The third-order valence-electron chi connectivity index (χ3n) is 4.04.